The first kappa shape index (κ1) is 11.1. The average molecular weight is 194 g/mol. The van der Waals surface area contributed by atoms with Crippen molar-refractivity contribution in [3.05, 3.63) is 0 Å². The second kappa shape index (κ2) is 4.47. The fourth-order valence-corrected chi connectivity index (χ4v) is 1.91. The van der Waals surface area contributed by atoms with E-state index in [1.807, 2.05) is 4.90 Å². The molecule has 0 aromatic heterocycles. The van der Waals surface area contributed by atoms with E-state index in [2.05, 4.69) is 25.1 Å². The number of likely N-dealkylation sites (tertiary alicyclic amines) is 1. The lowest BCUT2D eigenvalue weighted by atomic mass is 10.0. The van der Waals surface area contributed by atoms with Gasteiger partial charge in [0.25, 0.3) is 0 Å². The van der Waals surface area contributed by atoms with Gasteiger partial charge in [-0.25, -0.2) is 0 Å². The maximum Gasteiger partial charge on any atom is 0.236 e. The Morgan fingerprint density at radius 2 is 2.36 bits per heavy atom. The van der Waals surface area contributed by atoms with Crippen LogP contribution in [0.25, 0.3) is 0 Å². The maximum absolute atomic E-state index is 11.7. The van der Waals surface area contributed by atoms with E-state index in [0.717, 1.165) is 19.4 Å². The Morgan fingerprint density at radius 3 is 2.86 bits per heavy atom. The van der Waals surface area contributed by atoms with Gasteiger partial charge in [0.15, 0.2) is 0 Å². The summed E-state index contributed by atoms with van der Waals surface area (Å²) in [7, 11) is 0. The molecule has 14 heavy (non-hydrogen) atoms. The molecule has 0 aromatic carbocycles. The van der Waals surface area contributed by atoms with Crippen molar-refractivity contribution in [3.8, 4) is 12.3 Å². The van der Waals surface area contributed by atoms with Crippen LogP contribution in [-0.4, -0.2) is 36.0 Å². The molecule has 0 aliphatic carbocycles. The van der Waals surface area contributed by atoms with Crippen LogP contribution in [0.1, 0.15) is 26.7 Å². The summed E-state index contributed by atoms with van der Waals surface area (Å²) in [4.78, 5) is 13.7. The Bertz CT molecular complexity index is 253. The molecule has 1 fully saturated rings. The van der Waals surface area contributed by atoms with Crippen LogP contribution in [0.2, 0.25) is 0 Å². The highest BCUT2D eigenvalue weighted by Crippen LogP contribution is 2.27. The molecule has 1 N–H and O–H groups in total. The quantitative estimate of drug-likeness (QED) is 0.527. The first-order valence-corrected chi connectivity index (χ1v) is 5.02. The summed E-state index contributed by atoms with van der Waals surface area (Å²) in [6.07, 6.45) is 7.28. The Labute approximate surface area is 85.9 Å². The Balaban J connectivity index is 2.41. The zero-order valence-electron chi connectivity index (χ0n) is 8.97. The molecule has 1 aliphatic heterocycles. The van der Waals surface area contributed by atoms with Crippen molar-refractivity contribution in [2.75, 3.05) is 19.6 Å². The molecule has 0 aromatic rings. The molecule has 1 amide bonds. The summed E-state index contributed by atoms with van der Waals surface area (Å²) < 4.78 is 0. The lowest BCUT2D eigenvalue weighted by Gasteiger charge is -2.31. The van der Waals surface area contributed by atoms with E-state index in [0.29, 0.717) is 13.1 Å². The Hall–Kier alpha value is -1.01. The molecule has 0 radical (unpaired) electrons. The molecule has 1 saturated heterocycles. The smallest absolute Gasteiger partial charge is 0.236 e. The number of nitrogens with zero attached hydrogens (tertiary/aromatic N) is 1. The highest BCUT2D eigenvalue weighted by Gasteiger charge is 2.34. The fourth-order valence-electron chi connectivity index (χ4n) is 1.91. The minimum absolute atomic E-state index is 0.0227. The van der Waals surface area contributed by atoms with Gasteiger partial charge in [0, 0.05) is 12.1 Å². The van der Waals surface area contributed by atoms with Gasteiger partial charge in [0.2, 0.25) is 5.91 Å². The molecule has 0 saturated carbocycles. The summed E-state index contributed by atoms with van der Waals surface area (Å²) in [5.74, 6) is 2.61. The zero-order valence-corrected chi connectivity index (χ0v) is 8.97. The molecule has 1 heterocycles. The molecule has 0 bridgehead atoms. The SMILES string of the molecule is C#CCNCC(=O)N1CCCC1(C)C. The van der Waals surface area contributed by atoms with E-state index >= 15 is 0 Å². The highest BCUT2D eigenvalue weighted by molar-refractivity contribution is 5.79. The van der Waals surface area contributed by atoms with Crippen molar-refractivity contribution in [3.63, 3.8) is 0 Å². The molecular formula is C11H18N2O. The van der Waals surface area contributed by atoms with Crippen molar-refractivity contribution in [1.82, 2.24) is 10.2 Å². The molecule has 0 atom stereocenters. The van der Waals surface area contributed by atoms with Crippen molar-refractivity contribution < 1.29 is 4.79 Å². The van der Waals surface area contributed by atoms with Crippen LogP contribution in [-0.2, 0) is 4.79 Å². The summed E-state index contributed by atoms with van der Waals surface area (Å²) in [5.41, 5.74) is 0.0227. The van der Waals surface area contributed by atoms with Gasteiger partial charge in [-0.2, -0.15) is 0 Å². The molecule has 3 heteroatoms. The van der Waals surface area contributed by atoms with Crippen molar-refractivity contribution in [2.24, 2.45) is 0 Å². The zero-order chi connectivity index (χ0) is 10.6. The van der Waals surface area contributed by atoms with Gasteiger partial charge >= 0.3 is 0 Å². The van der Waals surface area contributed by atoms with Gasteiger partial charge in [-0.3, -0.25) is 10.1 Å². The van der Waals surface area contributed by atoms with Gasteiger partial charge < -0.3 is 4.90 Å². The third kappa shape index (κ3) is 2.49. The number of amides is 1. The second-order valence-corrected chi connectivity index (χ2v) is 4.27. The number of hydrogen-bond donors (Lipinski definition) is 1. The van der Waals surface area contributed by atoms with Crippen molar-refractivity contribution >= 4 is 5.91 Å². The lowest BCUT2D eigenvalue weighted by Crippen LogP contribution is -2.46. The summed E-state index contributed by atoms with van der Waals surface area (Å²) in [6.45, 7) is 5.91. The molecule has 78 valence electrons. The topological polar surface area (TPSA) is 32.3 Å². The highest BCUT2D eigenvalue weighted by atomic mass is 16.2. The molecule has 3 nitrogen and oxygen atoms in total. The fraction of sp³-hybridized carbons (Fsp3) is 0.727. The number of carbonyl (C=O) groups is 1. The van der Waals surface area contributed by atoms with Crippen LogP contribution in [0.15, 0.2) is 0 Å². The number of rotatable bonds is 3. The molecule has 0 unspecified atom stereocenters. The maximum atomic E-state index is 11.7. The van der Waals surface area contributed by atoms with Gasteiger partial charge in [0.1, 0.15) is 0 Å². The first-order chi connectivity index (χ1) is 6.58. The van der Waals surface area contributed by atoms with Gasteiger partial charge in [0.05, 0.1) is 13.1 Å². The largest absolute Gasteiger partial charge is 0.336 e. The number of carbonyl (C=O) groups excluding carboxylic acids is 1. The number of terminal acetylenes is 1. The molecule has 1 aliphatic rings. The van der Waals surface area contributed by atoms with Crippen LogP contribution in [0.3, 0.4) is 0 Å². The monoisotopic (exact) mass is 194 g/mol. The van der Waals surface area contributed by atoms with E-state index < -0.39 is 0 Å². The normalized spacial score (nSPS) is 19.4. The standard InChI is InChI=1S/C11H18N2O/c1-4-7-12-9-10(14)13-8-5-6-11(13,2)3/h1,12H,5-9H2,2-3H3. The summed E-state index contributed by atoms with van der Waals surface area (Å²) in [5, 5.41) is 2.92. The van der Waals surface area contributed by atoms with Gasteiger partial charge in [-0.15, -0.1) is 6.42 Å². The minimum Gasteiger partial charge on any atom is -0.336 e. The predicted molar refractivity (Wildman–Crippen MR) is 56.7 cm³/mol. The van der Waals surface area contributed by atoms with E-state index in [1.54, 1.807) is 0 Å². The van der Waals surface area contributed by atoms with Crippen LogP contribution in [0, 0.1) is 12.3 Å². The van der Waals surface area contributed by atoms with E-state index in [9.17, 15) is 4.79 Å². The van der Waals surface area contributed by atoms with Gasteiger partial charge in [-0.1, -0.05) is 5.92 Å². The average Bonchev–Trinajstić information content (AvgIpc) is 2.45. The van der Waals surface area contributed by atoms with Gasteiger partial charge in [-0.05, 0) is 26.7 Å². The van der Waals surface area contributed by atoms with Crippen LogP contribution < -0.4 is 5.32 Å². The molecule has 0 spiro atoms. The van der Waals surface area contributed by atoms with E-state index in [-0.39, 0.29) is 11.4 Å². The van der Waals surface area contributed by atoms with E-state index in [4.69, 9.17) is 6.42 Å². The lowest BCUT2D eigenvalue weighted by molar-refractivity contribution is -0.133. The van der Waals surface area contributed by atoms with Crippen molar-refractivity contribution in [1.29, 1.82) is 0 Å². The van der Waals surface area contributed by atoms with Crippen molar-refractivity contribution in [2.45, 2.75) is 32.2 Å². The third-order valence-electron chi connectivity index (χ3n) is 2.71. The van der Waals surface area contributed by atoms with Crippen LogP contribution in [0.5, 0.6) is 0 Å². The summed E-state index contributed by atoms with van der Waals surface area (Å²) >= 11 is 0. The Kier molecular flexibility index (Phi) is 3.54. The first-order valence-electron chi connectivity index (χ1n) is 5.02. The second-order valence-electron chi connectivity index (χ2n) is 4.27. The Morgan fingerprint density at radius 1 is 1.64 bits per heavy atom. The predicted octanol–water partition coefficient (Wildman–Crippen LogP) is 0.610. The van der Waals surface area contributed by atoms with E-state index in [1.165, 1.54) is 0 Å². The number of nitrogens with one attached hydrogen (secondary N) is 1. The summed E-state index contributed by atoms with van der Waals surface area (Å²) in [6, 6.07) is 0. The third-order valence-corrected chi connectivity index (χ3v) is 2.71. The van der Waals surface area contributed by atoms with Crippen LogP contribution in [0.4, 0.5) is 0 Å². The van der Waals surface area contributed by atoms with Crippen LogP contribution >= 0.6 is 0 Å². The number of hydrogen-bond acceptors (Lipinski definition) is 2. The molecule has 1 rings (SSSR count). The molecular weight excluding hydrogens is 176 g/mol. The minimum atomic E-state index is 0.0227.